The zero-order valence-corrected chi connectivity index (χ0v) is 10.5. The van der Waals surface area contributed by atoms with Gasteiger partial charge in [0, 0.05) is 13.1 Å². The van der Waals surface area contributed by atoms with E-state index in [1.165, 1.54) is 11.2 Å². The maximum Gasteiger partial charge on any atom is 0.307 e. The number of piperidine rings is 1. The first kappa shape index (κ1) is 13.4. The molecule has 1 aliphatic heterocycles. The molecule has 1 saturated heterocycles. The molecule has 0 aliphatic carbocycles. The summed E-state index contributed by atoms with van der Waals surface area (Å²) >= 11 is 0. The van der Waals surface area contributed by atoms with Gasteiger partial charge in [-0.05, 0) is 18.8 Å². The van der Waals surface area contributed by atoms with Crippen molar-refractivity contribution in [3.05, 3.63) is 0 Å². The maximum absolute atomic E-state index is 11.9. The van der Waals surface area contributed by atoms with Crippen LogP contribution in [0.3, 0.4) is 0 Å². The zero-order valence-electron chi connectivity index (χ0n) is 9.72. The van der Waals surface area contributed by atoms with Crippen LogP contribution < -0.4 is 0 Å². The molecule has 0 aromatic carbocycles. The Hall–Kier alpha value is -0.620. The summed E-state index contributed by atoms with van der Waals surface area (Å²) in [6, 6.07) is 0. The van der Waals surface area contributed by atoms with Crippen molar-refractivity contribution < 1.29 is 18.3 Å². The normalized spacial score (nSPS) is 25.2. The fraction of sp³-hybridized carbons (Fsp3) is 0.900. The minimum atomic E-state index is -3.41. The van der Waals surface area contributed by atoms with E-state index in [9.17, 15) is 13.2 Å². The third kappa shape index (κ3) is 3.45. The fourth-order valence-corrected chi connectivity index (χ4v) is 3.77. The summed E-state index contributed by atoms with van der Waals surface area (Å²) in [5, 5.41) is 8.71. The van der Waals surface area contributed by atoms with E-state index in [2.05, 4.69) is 0 Å². The van der Waals surface area contributed by atoms with Gasteiger partial charge in [-0.2, -0.15) is 0 Å². The smallest absolute Gasteiger partial charge is 0.307 e. The molecule has 0 bridgehead atoms. The second kappa shape index (κ2) is 5.14. The average Bonchev–Trinajstić information content (AvgIpc) is 2.17. The quantitative estimate of drug-likeness (QED) is 0.798. The van der Waals surface area contributed by atoms with Crippen molar-refractivity contribution in [2.24, 2.45) is 11.8 Å². The van der Waals surface area contributed by atoms with Crippen molar-refractivity contribution in [2.75, 3.05) is 18.8 Å². The van der Waals surface area contributed by atoms with Crippen LogP contribution in [-0.4, -0.2) is 42.6 Å². The van der Waals surface area contributed by atoms with E-state index in [1.54, 1.807) is 0 Å². The first-order chi connectivity index (χ1) is 7.33. The molecular formula is C10H19NO4S. The Labute approximate surface area is 96.5 Å². The highest BCUT2D eigenvalue weighted by molar-refractivity contribution is 7.89. The Kier molecular flexibility index (Phi) is 4.32. The van der Waals surface area contributed by atoms with Gasteiger partial charge in [0.05, 0.1) is 11.7 Å². The fourth-order valence-electron chi connectivity index (χ4n) is 1.89. The largest absolute Gasteiger partial charge is 0.481 e. The summed E-state index contributed by atoms with van der Waals surface area (Å²) in [5.41, 5.74) is 0. The monoisotopic (exact) mass is 249 g/mol. The molecule has 16 heavy (non-hydrogen) atoms. The third-order valence-electron chi connectivity index (χ3n) is 2.90. The highest BCUT2D eigenvalue weighted by Gasteiger charge is 2.30. The second-order valence-corrected chi connectivity index (χ2v) is 6.64. The molecule has 0 amide bonds. The van der Waals surface area contributed by atoms with Crippen molar-refractivity contribution in [2.45, 2.75) is 26.7 Å². The average molecular weight is 249 g/mol. The molecule has 1 aliphatic rings. The summed E-state index contributed by atoms with van der Waals surface area (Å²) in [6.07, 6.45) is 1.91. The van der Waals surface area contributed by atoms with Crippen LogP contribution in [0.2, 0.25) is 0 Å². The molecule has 1 heterocycles. The summed E-state index contributed by atoms with van der Waals surface area (Å²) in [6.45, 7) is 4.49. The number of carboxylic acids is 1. The molecule has 2 unspecified atom stereocenters. The topological polar surface area (TPSA) is 74.7 Å². The Balaban J connectivity index is 2.66. The van der Waals surface area contributed by atoms with E-state index in [4.69, 9.17) is 5.11 Å². The number of hydrogen-bond acceptors (Lipinski definition) is 3. The predicted molar refractivity (Wildman–Crippen MR) is 60.6 cm³/mol. The van der Waals surface area contributed by atoms with Crippen LogP contribution >= 0.6 is 0 Å². The minimum absolute atomic E-state index is 0.297. The Morgan fingerprint density at radius 1 is 1.56 bits per heavy atom. The first-order valence-electron chi connectivity index (χ1n) is 5.53. The van der Waals surface area contributed by atoms with Gasteiger partial charge in [-0.1, -0.05) is 13.8 Å². The molecule has 94 valence electrons. The molecule has 2 atom stereocenters. The molecule has 6 heteroatoms. The van der Waals surface area contributed by atoms with E-state index in [0.717, 1.165) is 12.8 Å². The number of sulfonamides is 1. The molecule has 0 radical (unpaired) electrons. The Morgan fingerprint density at radius 2 is 2.19 bits per heavy atom. The molecule has 1 N–H and O–H groups in total. The van der Waals surface area contributed by atoms with Crippen LogP contribution in [0.25, 0.3) is 0 Å². The molecular weight excluding hydrogens is 230 g/mol. The van der Waals surface area contributed by atoms with Crippen LogP contribution in [0.1, 0.15) is 26.7 Å². The standard InChI is InChI=1S/C10H19NO4S/c1-8-4-3-5-11(6-8)16(14,15)7-9(2)10(12)13/h8-9H,3-7H2,1-2H3,(H,12,13). The van der Waals surface area contributed by atoms with E-state index < -0.39 is 21.9 Å². The number of carboxylic acid groups (broad SMARTS) is 1. The number of hydrogen-bond donors (Lipinski definition) is 1. The predicted octanol–water partition coefficient (Wildman–Crippen LogP) is 0.769. The van der Waals surface area contributed by atoms with Gasteiger partial charge in [0.15, 0.2) is 0 Å². The SMILES string of the molecule is CC1CCCN(S(=O)(=O)CC(C)C(=O)O)C1. The zero-order chi connectivity index (χ0) is 12.3. The molecule has 0 spiro atoms. The molecule has 0 aromatic rings. The number of carbonyl (C=O) groups is 1. The van der Waals surface area contributed by atoms with Crippen molar-refractivity contribution in [1.82, 2.24) is 4.31 Å². The summed E-state index contributed by atoms with van der Waals surface area (Å²) in [7, 11) is -3.41. The first-order valence-corrected chi connectivity index (χ1v) is 7.14. The highest BCUT2D eigenvalue weighted by Crippen LogP contribution is 2.19. The van der Waals surface area contributed by atoms with E-state index in [1.807, 2.05) is 6.92 Å². The van der Waals surface area contributed by atoms with E-state index in [0.29, 0.717) is 19.0 Å². The molecule has 0 saturated carbocycles. The van der Waals surface area contributed by atoms with Gasteiger partial charge in [0.25, 0.3) is 0 Å². The van der Waals surface area contributed by atoms with Gasteiger partial charge in [-0.25, -0.2) is 12.7 Å². The molecule has 1 fully saturated rings. The summed E-state index contributed by atoms with van der Waals surface area (Å²) in [5.74, 6) is -1.84. The van der Waals surface area contributed by atoms with Crippen molar-refractivity contribution in [3.63, 3.8) is 0 Å². The van der Waals surface area contributed by atoms with Gasteiger partial charge in [0.2, 0.25) is 10.0 Å². The lowest BCUT2D eigenvalue weighted by molar-refractivity contribution is -0.140. The Morgan fingerprint density at radius 3 is 2.69 bits per heavy atom. The lowest BCUT2D eigenvalue weighted by Gasteiger charge is -2.30. The van der Waals surface area contributed by atoms with Crippen molar-refractivity contribution in [3.8, 4) is 0 Å². The van der Waals surface area contributed by atoms with Crippen molar-refractivity contribution in [1.29, 1.82) is 0 Å². The van der Waals surface area contributed by atoms with Gasteiger partial charge in [0.1, 0.15) is 0 Å². The number of nitrogens with zero attached hydrogens (tertiary/aromatic N) is 1. The number of aliphatic carboxylic acids is 1. The van der Waals surface area contributed by atoms with Gasteiger partial charge >= 0.3 is 5.97 Å². The molecule has 0 aromatic heterocycles. The minimum Gasteiger partial charge on any atom is -0.481 e. The van der Waals surface area contributed by atoms with Gasteiger partial charge < -0.3 is 5.11 Å². The van der Waals surface area contributed by atoms with Crippen LogP contribution in [0, 0.1) is 11.8 Å². The highest BCUT2D eigenvalue weighted by atomic mass is 32.2. The molecule has 1 rings (SSSR count). The third-order valence-corrected chi connectivity index (χ3v) is 4.93. The van der Waals surface area contributed by atoms with Crippen LogP contribution in [0.15, 0.2) is 0 Å². The van der Waals surface area contributed by atoms with E-state index in [-0.39, 0.29) is 5.75 Å². The van der Waals surface area contributed by atoms with Crippen LogP contribution in [0.4, 0.5) is 0 Å². The van der Waals surface area contributed by atoms with Gasteiger partial charge in [-0.15, -0.1) is 0 Å². The number of rotatable bonds is 4. The lowest BCUT2D eigenvalue weighted by Crippen LogP contribution is -2.42. The summed E-state index contributed by atoms with van der Waals surface area (Å²) in [4.78, 5) is 10.6. The van der Waals surface area contributed by atoms with E-state index >= 15 is 0 Å². The second-order valence-electron chi connectivity index (χ2n) is 4.62. The molecule has 5 nitrogen and oxygen atoms in total. The van der Waals surface area contributed by atoms with Gasteiger partial charge in [-0.3, -0.25) is 4.79 Å². The summed E-state index contributed by atoms with van der Waals surface area (Å²) < 4.78 is 25.2. The van der Waals surface area contributed by atoms with Crippen molar-refractivity contribution >= 4 is 16.0 Å². The van der Waals surface area contributed by atoms with Crippen LogP contribution in [-0.2, 0) is 14.8 Å². The Bertz CT molecular complexity index is 352. The van der Waals surface area contributed by atoms with Crippen LogP contribution in [0.5, 0.6) is 0 Å². The lowest BCUT2D eigenvalue weighted by atomic mass is 10.0. The maximum atomic E-state index is 11.9.